The summed E-state index contributed by atoms with van der Waals surface area (Å²) in [6.07, 6.45) is 0. The van der Waals surface area contributed by atoms with Crippen molar-refractivity contribution in [2.24, 2.45) is 0 Å². The molecule has 4 heteroatoms. The van der Waals surface area contributed by atoms with Crippen LogP contribution in [0.5, 0.6) is 5.75 Å². The predicted octanol–water partition coefficient (Wildman–Crippen LogP) is 4.48. The Morgan fingerprint density at radius 3 is 2.62 bits per heavy atom. The van der Waals surface area contributed by atoms with Crippen LogP contribution in [0.1, 0.15) is 23.6 Å². The maximum absolute atomic E-state index is 13.4. The molecule has 0 spiro atoms. The Labute approximate surface area is 129 Å². The van der Waals surface area contributed by atoms with E-state index in [9.17, 15) is 4.39 Å². The van der Waals surface area contributed by atoms with Gasteiger partial charge in [0, 0.05) is 17.7 Å². The van der Waals surface area contributed by atoms with E-state index in [1.807, 2.05) is 25.1 Å². The Morgan fingerprint density at radius 1 is 1.14 bits per heavy atom. The number of para-hydroxylation sites is 1. The molecule has 0 fully saturated rings. The van der Waals surface area contributed by atoms with Crippen molar-refractivity contribution in [2.45, 2.75) is 27.0 Å². The SMILES string of the molecule is CCNCc1cccc(C)c1OCc1cccc(F)c1Cl. The van der Waals surface area contributed by atoms with Gasteiger partial charge in [0.2, 0.25) is 0 Å². The largest absolute Gasteiger partial charge is 0.488 e. The molecule has 0 amide bonds. The third-order valence-electron chi connectivity index (χ3n) is 3.26. The lowest BCUT2D eigenvalue weighted by atomic mass is 10.1. The standard InChI is InChI=1S/C17H19ClFNO/c1-3-20-10-13-7-4-6-12(2)17(13)21-11-14-8-5-9-15(19)16(14)18/h4-9,20H,3,10-11H2,1-2H3. The number of nitrogens with one attached hydrogen (secondary N) is 1. The Morgan fingerprint density at radius 2 is 1.86 bits per heavy atom. The summed E-state index contributed by atoms with van der Waals surface area (Å²) in [5.41, 5.74) is 2.79. The summed E-state index contributed by atoms with van der Waals surface area (Å²) >= 11 is 5.96. The third-order valence-corrected chi connectivity index (χ3v) is 3.69. The van der Waals surface area contributed by atoms with E-state index in [-0.39, 0.29) is 11.6 Å². The molecule has 112 valence electrons. The van der Waals surface area contributed by atoms with Crippen molar-refractivity contribution in [3.05, 3.63) is 63.9 Å². The highest BCUT2D eigenvalue weighted by molar-refractivity contribution is 6.31. The zero-order chi connectivity index (χ0) is 15.2. The average molecular weight is 308 g/mol. The molecule has 0 saturated carbocycles. The molecule has 0 atom stereocenters. The van der Waals surface area contributed by atoms with Crippen molar-refractivity contribution >= 4 is 11.6 Å². The molecule has 2 aromatic carbocycles. The number of rotatable bonds is 6. The highest BCUT2D eigenvalue weighted by Crippen LogP contribution is 2.26. The molecular weight excluding hydrogens is 289 g/mol. The van der Waals surface area contributed by atoms with E-state index in [1.54, 1.807) is 12.1 Å². The van der Waals surface area contributed by atoms with E-state index >= 15 is 0 Å². The summed E-state index contributed by atoms with van der Waals surface area (Å²) in [6, 6.07) is 10.8. The van der Waals surface area contributed by atoms with Gasteiger partial charge in [-0.05, 0) is 25.1 Å². The van der Waals surface area contributed by atoms with Crippen LogP contribution < -0.4 is 10.1 Å². The van der Waals surface area contributed by atoms with Crippen LogP contribution in [-0.2, 0) is 13.2 Å². The van der Waals surface area contributed by atoms with Gasteiger partial charge >= 0.3 is 0 Å². The summed E-state index contributed by atoms with van der Waals surface area (Å²) in [4.78, 5) is 0. The van der Waals surface area contributed by atoms with E-state index in [1.165, 1.54) is 6.07 Å². The molecule has 2 aromatic rings. The summed E-state index contributed by atoms with van der Waals surface area (Å²) in [7, 11) is 0. The smallest absolute Gasteiger partial charge is 0.142 e. The molecule has 1 N–H and O–H groups in total. The van der Waals surface area contributed by atoms with Crippen molar-refractivity contribution in [3.63, 3.8) is 0 Å². The summed E-state index contributed by atoms with van der Waals surface area (Å²) in [6.45, 7) is 5.94. The van der Waals surface area contributed by atoms with Gasteiger partial charge in [-0.2, -0.15) is 0 Å². The average Bonchev–Trinajstić information content (AvgIpc) is 2.48. The van der Waals surface area contributed by atoms with Crippen molar-refractivity contribution in [1.82, 2.24) is 5.32 Å². The first-order valence-electron chi connectivity index (χ1n) is 6.98. The molecule has 0 radical (unpaired) electrons. The molecule has 0 heterocycles. The molecule has 0 aliphatic heterocycles. The number of hydrogen-bond acceptors (Lipinski definition) is 2. The number of ether oxygens (including phenoxy) is 1. The van der Waals surface area contributed by atoms with Crippen LogP contribution in [0, 0.1) is 12.7 Å². The topological polar surface area (TPSA) is 21.3 Å². The Bertz CT molecular complexity index is 616. The predicted molar refractivity (Wildman–Crippen MR) is 84.3 cm³/mol. The molecule has 0 aromatic heterocycles. The zero-order valence-corrected chi connectivity index (χ0v) is 13.0. The summed E-state index contributed by atoms with van der Waals surface area (Å²) < 4.78 is 19.3. The first-order valence-corrected chi connectivity index (χ1v) is 7.36. The number of benzene rings is 2. The molecule has 0 aliphatic rings. The number of hydrogen-bond donors (Lipinski definition) is 1. The Hall–Kier alpha value is -1.58. The van der Waals surface area contributed by atoms with Crippen LogP contribution >= 0.6 is 11.6 Å². The van der Waals surface area contributed by atoms with E-state index in [4.69, 9.17) is 16.3 Å². The van der Waals surface area contributed by atoms with Gasteiger partial charge < -0.3 is 10.1 Å². The fourth-order valence-electron chi connectivity index (χ4n) is 2.13. The second kappa shape index (κ2) is 7.43. The van der Waals surface area contributed by atoms with E-state index in [0.29, 0.717) is 5.56 Å². The lowest BCUT2D eigenvalue weighted by molar-refractivity contribution is 0.299. The van der Waals surface area contributed by atoms with Crippen LogP contribution in [0.25, 0.3) is 0 Å². The minimum absolute atomic E-state index is 0.124. The summed E-state index contributed by atoms with van der Waals surface area (Å²) in [5, 5.41) is 3.41. The Kier molecular flexibility index (Phi) is 5.59. The fraction of sp³-hybridized carbons (Fsp3) is 0.294. The van der Waals surface area contributed by atoms with Crippen LogP contribution in [0.2, 0.25) is 5.02 Å². The van der Waals surface area contributed by atoms with E-state index in [0.717, 1.165) is 30.0 Å². The second-order valence-corrected chi connectivity index (χ2v) is 5.22. The molecule has 2 nitrogen and oxygen atoms in total. The molecule has 0 saturated heterocycles. The highest BCUT2D eigenvalue weighted by atomic mass is 35.5. The van der Waals surface area contributed by atoms with E-state index in [2.05, 4.69) is 12.2 Å². The molecule has 2 rings (SSSR count). The third kappa shape index (κ3) is 3.96. The van der Waals surface area contributed by atoms with Gasteiger partial charge in [0.25, 0.3) is 0 Å². The monoisotopic (exact) mass is 307 g/mol. The summed E-state index contributed by atoms with van der Waals surface area (Å²) in [5.74, 6) is 0.411. The second-order valence-electron chi connectivity index (χ2n) is 4.85. The maximum atomic E-state index is 13.4. The first kappa shape index (κ1) is 15.8. The molecule has 0 bridgehead atoms. The number of aryl methyl sites for hydroxylation is 1. The van der Waals surface area contributed by atoms with Crippen LogP contribution in [-0.4, -0.2) is 6.54 Å². The molecule has 21 heavy (non-hydrogen) atoms. The Balaban J connectivity index is 2.17. The van der Waals surface area contributed by atoms with Gasteiger partial charge in [-0.15, -0.1) is 0 Å². The molecule has 0 unspecified atom stereocenters. The minimum Gasteiger partial charge on any atom is -0.488 e. The van der Waals surface area contributed by atoms with Crippen molar-refractivity contribution in [3.8, 4) is 5.75 Å². The van der Waals surface area contributed by atoms with Crippen LogP contribution in [0.15, 0.2) is 36.4 Å². The fourth-order valence-corrected chi connectivity index (χ4v) is 2.31. The van der Waals surface area contributed by atoms with Crippen molar-refractivity contribution in [2.75, 3.05) is 6.54 Å². The van der Waals surface area contributed by atoms with Crippen LogP contribution in [0.4, 0.5) is 4.39 Å². The highest BCUT2D eigenvalue weighted by Gasteiger charge is 2.10. The molecule has 0 aliphatic carbocycles. The lowest BCUT2D eigenvalue weighted by Crippen LogP contribution is -2.13. The van der Waals surface area contributed by atoms with Gasteiger partial charge in [0.05, 0.1) is 5.02 Å². The van der Waals surface area contributed by atoms with Crippen molar-refractivity contribution in [1.29, 1.82) is 0 Å². The normalized spacial score (nSPS) is 10.7. The van der Waals surface area contributed by atoms with Gasteiger partial charge in [0.1, 0.15) is 18.2 Å². The quantitative estimate of drug-likeness (QED) is 0.850. The van der Waals surface area contributed by atoms with Crippen LogP contribution in [0.3, 0.4) is 0 Å². The van der Waals surface area contributed by atoms with E-state index < -0.39 is 5.82 Å². The maximum Gasteiger partial charge on any atom is 0.142 e. The minimum atomic E-state index is -0.421. The first-order chi connectivity index (χ1) is 10.1. The van der Waals surface area contributed by atoms with Gasteiger partial charge in [-0.25, -0.2) is 4.39 Å². The lowest BCUT2D eigenvalue weighted by Gasteiger charge is -2.15. The number of halogens is 2. The zero-order valence-electron chi connectivity index (χ0n) is 12.2. The van der Waals surface area contributed by atoms with Gasteiger partial charge in [0.15, 0.2) is 0 Å². The molecular formula is C17H19ClFNO. The van der Waals surface area contributed by atoms with Gasteiger partial charge in [-0.3, -0.25) is 0 Å². The van der Waals surface area contributed by atoms with Crippen molar-refractivity contribution < 1.29 is 9.13 Å². The van der Waals surface area contributed by atoms with Gasteiger partial charge in [-0.1, -0.05) is 48.9 Å².